The number of ether oxygens (including phenoxy) is 1. The summed E-state index contributed by atoms with van der Waals surface area (Å²) < 4.78 is 5.20. The van der Waals surface area contributed by atoms with Crippen molar-refractivity contribution >= 4 is 23.5 Å². The van der Waals surface area contributed by atoms with Gasteiger partial charge in [-0.25, -0.2) is 4.79 Å². The molecule has 0 bridgehead atoms. The Morgan fingerprint density at radius 3 is 2.35 bits per heavy atom. The van der Waals surface area contributed by atoms with Gasteiger partial charge in [-0.05, 0) is 26.3 Å². The third-order valence-corrected chi connectivity index (χ3v) is 2.74. The maximum Gasteiger partial charge on any atom is 0.408 e. The summed E-state index contributed by atoms with van der Waals surface area (Å²) in [6.07, 6.45) is -1.15. The zero-order valence-corrected chi connectivity index (χ0v) is 12.7. The van der Waals surface area contributed by atoms with Gasteiger partial charge >= 0.3 is 6.09 Å². The van der Waals surface area contributed by atoms with Crippen LogP contribution < -0.4 is 5.32 Å². The summed E-state index contributed by atoms with van der Waals surface area (Å²) in [5.74, 6) is -0.486. The zero-order valence-electron chi connectivity index (χ0n) is 12.0. The number of Topliss-reactive ketones (excluding diaryl/α,β-unsaturated/α-hetero) is 1. The van der Waals surface area contributed by atoms with E-state index in [4.69, 9.17) is 16.3 Å². The molecule has 1 aromatic rings. The van der Waals surface area contributed by atoms with Crippen LogP contribution in [0, 0.1) is 0 Å². The topological polar surface area (TPSA) is 55.4 Å². The van der Waals surface area contributed by atoms with Crippen molar-refractivity contribution in [2.24, 2.45) is 0 Å². The Hall–Kier alpha value is -1.55. The largest absolute Gasteiger partial charge is 0.438 e. The highest BCUT2D eigenvalue weighted by Gasteiger charge is 2.24. The average Bonchev–Trinajstić information content (AvgIpc) is 2.36. The highest BCUT2D eigenvalue weighted by Crippen LogP contribution is 2.09. The van der Waals surface area contributed by atoms with Gasteiger partial charge in [-0.3, -0.25) is 4.79 Å². The molecule has 0 aromatic heterocycles. The molecule has 1 N–H and O–H groups in total. The molecule has 0 fully saturated rings. The van der Waals surface area contributed by atoms with E-state index in [9.17, 15) is 9.59 Å². The summed E-state index contributed by atoms with van der Waals surface area (Å²) in [4.78, 5) is 23.5. The van der Waals surface area contributed by atoms with Crippen LogP contribution in [0.15, 0.2) is 30.3 Å². The first kappa shape index (κ1) is 16.5. The maximum atomic E-state index is 11.8. The molecular formula is C15H20ClNO3. The van der Waals surface area contributed by atoms with Crippen molar-refractivity contribution in [3.05, 3.63) is 35.9 Å². The lowest BCUT2D eigenvalue weighted by molar-refractivity contribution is -0.124. The van der Waals surface area contributed by atoms with Crippen LogP contribution in [0.25, 0.3) is 0 Å². The average molecular weight is 298 g/mol. The van der Waals surface area contributed by atoms with Crippen LogP contribution in [0.4, 0.5) is 4.79 Å². The standard InChI is InChI=1S/C15H20ClNO3/c1-15(2,3)17-14(19)20-13(12(18)10-16)9-11-7-5-4-6-8-11/h4-8,13H,9-10H2,1-3H3,(H,17,19). The summed E-state index contributed by atoms with van der Waals surface area (Å²) in [6.45, 7) is 5.51. The normalized spacial score (nSPS) is 12.6. The molecule has 0 spiro atoms. The number of halogens is 1. The van der Waals surface area contributed by atoms with Gasteiger partial charge in [0.2, 0.25) is 0 Å². The van der Waals surface area contributed by atoms with Gasteiger partial charge in [0.25, 0.3) is 0 Å². The molecule has 0 aliphatic rings. The van der Waals surface area contributed by atoms with Crippen molar-refractivity contribution in [3.8, 4) is 0 Å². The van der Waals surface area contributed by atoms with Crippen LogP contribution in [0.2, 0.25) is 0 Å². The summed E-state index contributed by atoms with van der Waals surface area (Å²) in [5, 5.41) is 2.66. The van der Waals surface area contributed by atoms with E-state index < -0.39 is 17.7 Å². The number of ketones is 1. The number of alkyl halides is 1. The molecule has 0 saturated heterocycles. The first-order chi connectivity index (χ1) is 9.31. The van der Waals surface area contributed by atoms with E-state index in [1.54, 1.807) is 0 Å². The maximum absolute atomic E-state index is 11.8. The smallest absolute Gasteiger partial charge is 0.408 e. The minimum Gasteiger partial charge on any atom is -0.438 e. The van der Waals surface area contributed by atoms with E-state index in [1.165, 1.54) is 0 Å². The zero-order chi connectivity index (χ0) is 15.2. The molecule has 0 radical (unpaired) electrons. The van der Waals surface area contributed by atoms with Gasteiger partial charge < -0.3 is 10.1 Å². The minimum atomic E-state index is -0.864. The number of hydrogen-bond donors (Lipinski definition) is 1. The van der Waals surface area contributed by atoms with Gasteiger partial charge in [0, 0.05) is 12.0 Å². The first-order valence-corrected chi connectivity index (χ1v) is 6.96. The lowest BCUT2D eigenvalue weighted by Crippen LogP contribution is -2.44. The molecule has 0 aliphatic heterocycles. The lowest BCUT2D eigenvalue weighted by Gasteiger charge is -2.23. The molecule has 1 amide bonds. The number of benzene rings is 1. The fourth-order valence-electron chi connectivity index (χ4n) is 1.60. The Kier molecular flexibility index (Phi) is 6.02. The van der Waals surface area contributed by atoms with Crippen molar-refractivity contribution in [2.45, 2.75) is 38.8 Å². The first-order valence-electron chi connectivity index (χ1n) is 6.43. The van der Waals surface area contributed by atoms with E-state index >= 15 is 0 Å². The van der Waals surface area contributed by atoms with E-state index in [0.29, 0.717) is 6.42 Å². The third-order valence-electron chi connectivity index (χ3n) is 2.48. The van der Waals surface area contributed by atoms with Gasteiger partial charge in [0.05, 0.1) is 5.88 Å². The number of alkyl carbamates (subject to hydrolysis) is 1. The molecule has 1 rings (SSSR count). The van der Waals surface area contributed by atoms with Gasteiger partial charge in [0.15, 0.2) is 11.9 Å². The molecular weight excluding hydrogens is 278 g/mol. The second-order valence-corrected chi connectivity index (χ2v) is 5.83. The number of amides is 1. The predicted molar refractivity (Wildman–Crippen MR) is 79.0 cm³/mol. The van der Waals surface area contributed by atoms with Crippen LogP contribution in [0.5, 0.6) is 0 Å². The highest BCUT2D eigenvalue weighted by molar-refractivity contribution is 6.28. The summed E-state index contributed by atoms with van der Waals surface area (Å²) in [5.41, 5.74) is 0.498. The molecule has 1 aromatic carbocycles. The van der Waals surface area contributed by atoms with Crippen LogP contribution in [-0.4, -0.2) is 29.4 Å². The quantitative estimate of drug-likeness (QED) is 0.850. The van der Waals surface area contributed by atoms with Crippen molar-refractivity contribution in [1.29, 1.82) is 0 Å². The van der Waals surface area contributed by atoms with E-state index in [-0.39, 0.29) is 11.7 Å². The van der Waals surface area contributed by atoms with Crippen LogP contribution >= 0.6 is 11.6 Å². The number of rotatable bonds is 5. The lowest BCUT2D eigenvalue weighted by atomic mass is 10.1. The second kappa shape index (κ2) is 7.29. The fraction of sp³-hybridized carbons (Fsp3) is 0.467. The van der Waals surface area contributed by atoms with E-state index in [0.717, 1.165) is 5.56 Å². The molecule has 20 heavy (non-hydrogen) atoms. The van der Waals surface area contributed by atoms with Gasteiger partial charge in [0.1, 0.15) is 0 Å². The van der Waals surface area contributed by atoms with E-state index in [2.05, 4.69) is 5.32 Å². The molecule has 0 aliphatic carbocycles. The SMILES string of the molecule is CC(C)(C)NC(=O)OC(Cc1ccccc1)C(=O)CCl. The Morgan fingerprint density at radius 2 is 1.85 bits per heavy atom. The van der Waals surface area contributed by atoms with Gasteiger partial charge in [-0.1, -0.05) is 30.3 Å². The number of carbonyl (C=O) groups is 2. The highest BCUT2D eigenvalue weighted by atomic mass is 35.5. The summed E-state index contributed by atoms with van der Waals surface area (Å²) in [7, 11) is 0. The van der Waals surface area contributed by atoms with Crippen molar-refractivity contribution in [1.82, 2.24) is 5.32 Å². The molecule has 5 heteroatoms. The van der Waals surface area contributed by atoms with Crippen molar-refractivity contribution in [2.75, 3.05) is 5.88 Å². The van der Waals surface area contributed by atoms with Crippen molar-refractivity contribution in [3.63, 3.8) is 0 Å². The Morgan fingerprint density at radius 1 is 1.25 bits per heavy atom. The van der Waals surface area contributed by atoms with E-state index in [1.807, 2.05) is 51.1 Å². The van der Waals surface area contributed by atoms with Gasteiger partial charge in [-0.2, -0.15) is 0 Å². The monoisotopic (exact) mass is 297 g/mol. The Balaban J connectivity index is 2.70. The number of carbonyl (C=O) groups excluding carboxylic acids is 2. The van der Waals surface area contributed by atoms with Crippen molar-refractivity contribution < 1.29 is 14.3 Å². The minimum absolute atomic E-state index is 0.180. The molecule has 110 valence electrons. The summed E-state index contributed by atoms with van der Waals surface area (Å²) in [6, 6.07) is 9.37. The number of hydrogen-bond acceptors (Lipinski definition) is 3. The summed E-state index contributed by atoms with van der Waals surface area (Å²) >= 11 is 5.57. The second-order valence-electron chi connectivity index (χ2n) is 5.56. The molecule has 1 unspecified atom stereocenters. The molecule has 1 atom stereocenters. The molecule has 4 nitrogen and oxygen atoms in total. The number of nitrogens with one attached hydrogen (secondary N) is 1. The molecule has 0 saturated carbocycles. The Labute approximate surface area is 124 Å². The van der Waals surface area contributed by atoms with Crippen LogP contribution in [0.1, 0.15) is 26.3 Å². The molecule has 0 heterocycles. The fourth-order valence-corrected chi connectivity index (χ4v) is 1.77. The van der Waals surface area contributed by atoms with Crippen LogP contribution in [-0.2, 0) is 16.0 Å². The van der Waals surface area contributed by atoms with Crippen LogP contribution in [0.3, 0.4) is 0 Å². The van der Waals surface area contributed by atoms with Gasteiger partial charge in [-0.15, -0.1) is 11.6 Å². The third kappa shape index (κ3) is 6.06. The Bertz CT molecular complexity index is 454. The predicted octanol–water partition coefficient (Wildman–Crippen LogP) is 2.93.